The first-order valence-corrected chi connectivity index (χ1v) is 9.10. The minimum absolute atomic E-state index is 0.0552. The molecule has 3 rings (SSSR count). The summed E-state index contributed by atoms with van der Waals surface area (Å²) >= 11 is 0. The summed E-state index contributed by atoms with van der Waals surface area (Å²) in [7, 11) is -0.111. The zero-order valence-corrected chi connectivity index (χ0v) is 14.7. The molecule has 0 saturated carbocycles. The van der Waals surface area contributed by atoms with Crippen LogP contribution >= 0.6 is 0 Å². The van der Waals surface area contributed by atoms with Crippen LogP contribution in [0.25, 0.3) is 11.3 Å². The molecule has 0 aliphatic rings. The van der Waals surface area contributed by atoms with E-state index in [9.17, 15) is 12.8 Å². The summed E-state index contributed by atoms with van der Waals surface area (Å²) in [5.41, 5.74) is 1.30. The van der Waals surface area contributed by atoms with Gasteiger partial charge in [0.05, 0.1) is 5.69 Å². The second-order valence-electron chi connectivity index (χ2n) is 5.94. The normalized spacial score (nSPS) is 11.8. The van der Waals surface area contributed by atoms with E-state index >= 15 is 0 Å². The molecular weight excluding hydrogens is 341 g/mol. The highest BCUT2D eigenvalue weighted by Crippen LogP contribution is 2.29. The van der Waals surface area contributed by atoms with Gasteiger partial charge in [-0.2, -0.15) is 0 Å². The van der Waals surface area contributed by atoms with Crippen molar-refractivity contribution < 1.29 is 12.8 Å². The minimum Gasteiger partial charge on any atom is -0.305 e. The summed E-state index contributed by atoms with van der Waals surface area (Å²) in [5, 5.41) is 0. The second kappa shape index (κ2) is 6.78. The molecule has 2 aromatic heterocycles. The Hall–Kier alpha value is -2.51. The lowest BCUT2D eigenvalue weighted by Crippen LogP contribution is -2.14. The van der Waals surface area contributed by atoms with Crippen molar-refractivity contribution in [2.24, 2.45) is 0 Å². The first kappa shape index (κ1) is 17.3. The SMILES string of the molecule is CN(C)Cc1cc(-c2ccccc2F)n(S(=O)(=O)c2cccnc2)c1. The summed E-state index contributed by atoms with van der Waals surface area (Å²) in [6, 6.07) is 10.9. The van der Waals surface area contributed by atoms with E-state index in [-0.39, 0.29) is 10.5 Å². The molecule has 0 atom stereocenters. The summed E-state index contributed by atoms with van der Waals surface area (Å²) in [5.74, 6) is -0.473. The van der Waals surface area contributed by atoms with Gasteiger partial charge in [-0.3, -0.25) is 4.98 Å². The Bertz CT molecular complexity index is 983. The number of hydrogen-bond acceptors (Lipinski definition) is 4. The molecule has 2 heterocycles. The number of pyridine rings is 1. The maximum atomic E-state index is 14.3. The van der Waals surface area contributed by atoms with E-state index in [1.165, 1.54) is 30.7 Å². The Morgan fingerprint density at radius 2 is 1.92 bits per heavy atom. The van der Waals surface area contributed by atoms with Crippen LogP contribution in [0, 0.1) is 5.82 Å². The molecule has 0 spiro atoms. The van der Waals surface area contributed by atoms with Gasteiger partial charge in [0, 0.05) is 30.7 Å². The third kappa shape index (κ3) is 3.47. The van der Waals surface area contributed by atoms with Crippen LogP contribution in [0.4, 0.5) is 4.39 Å². The highest BCUT2D eigenvalue weighted by molar-refractivity contribution is 7.90. The highest BCUT2D eigenvalue weighted by Gasteiger charge is 2.23. The summed E-state index contributed by atoms with van der Waals surface area (Å²) < 4.78 is 41.5. The van der Waals surface area contributed by atoms with Gasteiger partial charge in [0.15, 0.2) is 0 Å². The lowest BCUT2D eigenvalue weighted by Gasteiger charge is -2.11. The number of benzene rings is 1. The smallest absolute Gasteiger partial charge is 0.269 e. The molecule has 0 saturated heterocycles. The molecule has 0 bridgehead atoms. The van der Waals surface area contributed by atoms with Crippen LogP contribution in [-0.2, 0) is 16.6 Å². The first-order valence-electron chi connectivity index (χ1n) is 7.66. The molecule has 0 aliphatic heterocycles. The van der Waals surface area contributed by atoms with Crippen LogP contribution < -0.4 is 0 Å². The lowest BCUT2D eigenvalue weighted by atomic mass is 10.1. The fourth-order valence-corrected chi connectivity index (χ4v) is 3.98. The molecule has 25 heavy (non-hydrogen) atoms. The molecule has 130 valence electrons. The van der Waals surface area contributed by atoms with Gasteiger partial charge in [0.2, 0.25) is 0 Å². The fourth-order valence-electron chi connectivity index (χ4n) is 2.63. The maximum absolute atomic E-state index is 14.3. The van der Waals surface area contributed by atoms with Crippen molar-refractivity contribution in [3.05, 3.63) is 72.4 Å². The lowest BCUT2D eigenvalue weighted by molar-refractivity contribution is 0.402. The maximum Gasteiger partial charge on any atom is 0.269 e. The first-order chi connectivity index (χ1) is 11.9. The van der Waals surface area contributed by atoms with Crippen molar-refractivity contribution in [3.63, 3.8) is 0 Å². The van der Waals surface area contributed by atoms with Gasteiger partial charge in [-0.1, -0.05) is 12.1 Å². The Balaban J connectivity index is 2.22. The standard InChI is InChI=1S/C18H18FN3O2S/c1-21(2)12-14-10-18(16-7-3-4-8-17(16)19)22(13-14)25(23,24)15-6-5-9-20-11-15/h3-11,13H,12H2,1-2H3. The molecule has 0 fully saturated rings. The van der Waals surface area contributed by atoms with Crippen molar-refractivity contribution in [1.82, 2.24) is 13.9 Å². The van der Waals surface area contributed by atoms with E-state index in [0.29, 0.717) is 12.2 Å². The molecular formula is C18H18FN3O2S. The van der Waals surface area contributed by atoms with Gasteiger partial charge >= 0.3 is 0 Å². The number of hydrogen-bond donors (Lipinski definition) is 0. The summed E-state index contributed by atoms with van der Waals surface area (Å²) in [6.45, 7) is 0.539. The van der Waals surface area contributed by atoms with Crippen LogP contribution in [0.15, 0.2) is 66.0 Å². The average molecular weight is 359 g/mol. The van der Waals surface area contributed by atoms with E-state index in [2.05, 4.69) is 4.98 Å². The van der Waals surface area contributed by atoms with Crippen LogP contribution in [-0.4, -0.2) is 36.4 Å². The minimum atomic E-state index is -3.88. The number of aromatic nitrogens is 2. The van der Waals surface area contributed by atoms with Crippen LogP contribution in [0.3, 0.4) is 0 Å². The van der Waals surface area contributed by atoms with Crippen molar-refractivity contribution in [2.75, 3.05) is 14.1 Å². The van der Waals surface area contributed by atoms with Gasteiger partial charge in [0.1, 0.15) is 10.7 Å². The molecule has 0 radical (unpaired) electrons. The van der Waals surface area contributed by atoms with Gasteiger partial charge < -0.3 is 4.90 Å². The number of halogens is 1. The second-order valence-corrected chi connectivity index (χ2v) is 7.76. The van der Waals surface area contributed by atoms with E-state index in [4.69, 9.17) is 0 Å². The molecule has 7 heteroatoms. The van der Waals surface area contributed by atoms with Crippen molar-refractivity contribution >= 4 is 10.0 Å². The van der Waals surface area contributed by atoms with Crippen molar-refractivity contribution in [2.45, 2.75) is 11.4 Å². The van der Waals surface area contributed by atoms with Gasteiger partial charge in [-0.25, -0.2) is 16.8 Å². The zero-order chi connectivity index (χ0) is 18.0. The average Bonchev–Trinajstić information content (AvgIpc) is 2.99. The third-order valence-corrected chi connectivity index (χ3v) is 5.34. The molecule has 0 unspecified atom stereocenters. The fraction of sp³-hybridized carbons (Fsp3) is 0.167. The third-order valence-electron chi connectivity index (χ3n) is 3.68. The topological polar surface area (TPSA) is 55.2 Å². The van der Waals surface area contributed by atoms with E-state index in [0.717, 1.165) is 9.54 Å². The van der Waals surface area contributed by atoms with E-state index in [1.54, 1.807) is 30.3 Å². The van der Waals surface area contributed by atoms with Gasteiger partial charge in [-0.05, 0) is 50.0 Å². The molecule has 1 aromatic carbocycles. The monoisotopic (exact) mass is 359 g/mol. The van der Waals surface area contributed by atoms with Gasteiger partial charge in [-0.15, -0.1) is 0 Å². The molecule has 5 nitrogen and oxygen atoms in total. The molecule has 0 amide bonds. The van der Waals surface area contributed by atoms with E-state index < -0.39 is 15.8 Å². The van der Waals surface area contributed by atoms with Crippen LogP contribution in [0.1, 0.15) is 5.56 Å². The summed E-state index contributed by atoms with van der Waals surface area (Å²) in [6.07, 6.45) is 4.32. The Morgan fingerprint density at radius 3 is 2.56 bits per heavy atom. The Morgan fingerprint density at radius 1 is 1.16 bits per heavy atom. The van der Waals surface area contributed by atoms with Crippen molar-refractivity contribution in [3.8, 4) is 11.3 Å². The summed E-state index contributed by atoms with van der Waals surface area (Å²) in [4.78, 5) is 5.85. The zero-order valence-electron chi connectivity index (χ0n) is 13.9. The van der Waals surface area contributed by atoms with Crippen LogP contribution in [0.2, 0.25) is 0 Å². The van der Waals surface area contributed by atoms with Crippen LogP contribution in [0.5, 0.6) is 0 Å². The molecule has 0 aliphatic carbocycles. The van der Waals surface area contributed by atoms with Crippen molar-refractivity contribution in [1.29, 1.82) is 0 Å². The Kier molecular flexibility index (Phi) is 4.69. The predicted octanol–water partition coefficient (Wildman–Crippen LogP) is 2.99. The number of rotatable bonds is 5. The Labute approximate surface area is 146 Å². The molecule has 0 N–H and O–H groups in total. The van der Waals surface area contributed by atoms with E-state index in [1.807, 2.05) is 19.0 Å². The predicted molar refractivity (Wildman–Crippen MR) is 94.0 cm³/mol. The largest absolute Gasteiger partial charge is 0.305 e. The number of nitrogens with zero attached hydrogens (tertiary/aromatic N) is 3. The highest BCUT2D eigenvalue weighted by atomic mass is 32.2. The quantitative estimate of drug-likeness (QED) is 0.703. The molecule has 3 aromatic rings. The van der Waals surface area contributed by atoms with Gasteiger partial charge in [0.25, 0.3) is 10.0 Å².